The first-order valence-corrected chi connectivity index (χ1v) is 9.32. The Balaban J connectivity index is 1.84. The fourth-order valence-corrected chi connectivity index (χ4v) is 4.13. The largest absolute Gasteiger partial charge is 0.375 e. The molecule has 0 aromatic heterocycles. The quantitative estimate of drug-likeness (QED) is 0.572. The van der Waals surface area contributed by atoms with Gasteiger partial charge in [0.25, 0.3) is 0 Å². The fourth-order valence-electron chi connectivity index (χ4n) is 4.13. The third kappa shape index (κ3) is 3.50. The summed E-state index contributed by atoms with van der Waals surface area (Å²) in [5.74, 6) is -0.808. The molecule has 2 fully saturated rings. The Hall–Kier alpha value is -1.69. The molecule has 3 amide bonds. The van der Waals surface area contributed by atoms with Crippen molar-refractivity contribution in [2.24, 2.45) is 17.8 Å². The van der Waals surface area contributed by atoms with E-state index in [4.69, 9.17) is 4.74 Å². The molecule has 2 saturated heterocycles. The van der Waals surface area contributed by atoms with E-state index in [1.54, 1.807) is 4.90 Å². The first kappa shape index (κ1) is 18.1. The van der Waals surface area contributed by atoms with Crippen LogP contribution in [-0.2, 0) is 19.1 Å². The van der Waals surface area contributed by atoms with Gasteiger partial charge in [0.2, 0.25) is 17.7 Å². The van der Waals surface area contributed by atoms with Crippen molar-refractivity contribution < 1.29 is 19.1 Å². The lowest BCUT2D eigenvalue weighted by molar-refractivity contribution is -0.155. The number of carbonyl (C=O) groups excluding carboxylic acids is 3. The number of likely N-dealkylation sites (tertiary alicyclic amines) is 1. The second-order valence-corrected chi connectivity index (χ2v) is 7.81. The highest BCUT2D eigenvalue weighted by molar-refractivity contribution is 6.08. The number of imide groups is 1. The number of fused-ring (bicyclic) bond motifs is 1. The van der Waals surface area contributed by atoms with Crippen LogP contribution >= 0.6 is 0 Å². The maximum Gasteiger partial charge on any atom is 0.246 e. The summed E-state index contributed by atoms with van der Waals surface area (Å²) in [6.07, 6.45) is 5.63. The highest BCUT2D eigenvalue weighted by atomic mass is 16.5. The van der Waals surface area contributed by atoms with Gasteiger partial charge < -0.3 is 9.64 Å². The number of rotatable bonds is 4. The van der Waals surface area contributed by atoms with Gasteiger partial charge in [-0.05, 0) is 32.1 Å². The van der Waals surface area contributed by atoms with Crippen molar-refractivity contribution in [3.05, 3.63) is 12.2 Å². The van der Waals surface area contributed by atoms with Gasteiger partial charge in [-0.1, -0.05) is 26.0 Å². The molecule has 0 aromatic rings. The van der Waals surface area contributed by atoms with Gasteiger partial charge >= 0.3 is 0 Å². The van der Waals surface area contributed by atoms with E-state index in [0.29, 0.717) is 39.0 Å². The third-order valence-corrected chi connectivity index (χ3v) is 5.39. The van der Waals surface area contributed by atoms with Crippen molar-refractivity contribution in [2.45, 2.75) is 52.2 Å². The average Bonchev–Trinajstić information content (AvgIpc) is 2.84. The summed E-state index contributed by atoms with van der Waals surface area (Å²) in [7, 11) is 0. The van der Waals surface area contributed by atoms with Crippen molar-refractivity contribution in [1.29, 1.82) is 0 Å². The van der Waals surface area contributed by atoms with Crippen LogP contribution in [0.5, 0.6) is 0 Å². The molecule has 0 N–H and O–H groups in total. The van der Waals surface area contributed by atoms with Gasteiger partial charge in [-0.2, -0.15) is 0 Å². The van der Waals surface area contributed by atoms with Crippen molar-refractivity contribution in [2.75, 3.05) is 19.7 Å². The van der Waals surface area contributed by atoms with Crippen molar-refractivity contribution in [3.63, 3.8) is 0 Å². The maximum absolute atomic E-state index is 13.2. The molecule has 2 heterocycles. The Bertz CT molecular complexity index is 560. The van der Waals surface area contributed by atoms with Gasteiger partial charge in [0.1, 0.15) is 6.04 Å². The summed E-state index contributed by atoms with van der Waals surface area (Å²) in [4.78, 5) is 42.0. The summed E-state index contributed by atoms with van der Waals surface area (Å²) in [5, 5.41) is 0. The SMILES string of the molecule is CC(C)CC(C(=O)N1CCOC(C)C1)N1C(=O)C2CC=CCC2C1=O. The molecule has 0 aromatic carbocycles. The van der Waals surface area contributed by atoms with E-state index >= 15 is 0 Å². The first-order chi connectivity index (χ1) is 11.9. The number of morpholine rings is 1. The molecule has 4 atom stereocenters. The van der Waals surface area contributed by atoms with Crippen LogP contribution in [-0.4, -0.2) is 59.4 Å². The number of hydrogen-bond acceptors (Lipinski definition) is 4. The van der Waals surface area contributed by atoms with Gasteiger partial charge in [0.05, 0.1) is 24.5 Å². The third-order valence-electron chi connectivity index (χ3n) is 5.39. The van der Waals surface area contributed by atoms with E-state index in [1.807, 2.05) is 32.9 Å². The molecule has 0 saturated carbocycles. The monoisotopic (exact) mass is 348 g/mol. The van der Waals surface area contributed by atoms with Crippen molar-refractivity contribution >= 4 is 17.7 Å². The van der Waals surface area contributed by atoms with Crippen LogP contribution in [0, 0.1) is 17.8 Å². The Labute approximate surface area is 149 Å². The number of hydrogen-bond donors (Lipinski definition) is 0. The van der Waals surface area contributed by atoms with E-state index in [1.165, 1.54) is 4.90 Å². The van der Waals surface area contributed by atoms with Gasteiger partial charge in [-0.3, -0.25) is 19.3 Å². The molecule has 6 heteroatoms. The molecule has 0 spiro atoms. The molecule has 3 aliphatic rings. The Kier molecular flexibility index (Phi) is 5.27. The molecule has 4 unspecified atom stereocenters. The van der Waals surface area contributed by atoms with Crippen LogP contribution in [0.15, 0.2) is 12.2 Å². The highest BCUT2D eigenvalue weighted by Crippen LogP contribution is 2.37. The number of allylic oxidation sites excluding steroid dienone is 2. The standard InChI is InChI=1S/C19H28N2O4/c1-12(2)10-16(19(24)20-8-9-25-13(3)11-20)21-17(22)14-6-4-5-7-15(14)18(21)23/h4-5,12-16H,6-11H2,1-3H3. The van der Waals surface area contributed by atoms with E-state index in [9.17, 15) is 14.4 Å². The minimum Gasteiger partial charge on any atom is -0.375 e. The molecule has 138 valence electrons. The molecule has 3 rings (SSSR count). The first-order valence-electron chi connectivity index (χ1n) is 9.32. The number of amides is 3. The zero-order valence-electron chi connectivity index (χ0n) is 15.3. The van der Waals surface area contributed by atoms with Gasteiger partial charge in [0.15, 0.2) is 0 Å². The van der Waals surface area contributed by atoms with E-state index in [2.05, 4.69) is 0 Å². The molecule has 6 nitrogen and oxygen atoms in total. The summed E-state index contributed by atoms with van der Waals surface area (Å²) in [6, 6.07) is -0.684. The average molecular weight is 348 g/mol. The summed E-state index contributed by atoms with van der Waals surface area (Å²) < 4.78 is 5.51. The molecule has 25 heavy (non-hydrogen) atoms. The normalized spacial score (nSPS) is 30.8. The van der Waals surface area contributed by atoms with Gasteiger partial charge in [-0.15, -0.1) is 0 Å². The Morgan fingerprint density at radius 2 is 1.80 bits per heavy atom. The maximum atomic E-state index is 13.2. The minimum atomic E-state index is -0.684. The number of nitrogens with zero attached hydrogens (tertiary/aromatic N) is 2. The molecule has 2 aliphatic heterocycles. The van der Waals surface area contributed by atoms with Gasteiger partial charge in [-0.25, -0.2) is 0 Å². The van der Waals surface area contributed by atoms with Crippen molar-refractivity contribution in [1.82, 2.24) is 9.80 Å². The lowest BCUT2D eigenvalue weighted by Gasteiger charge is -2.36. The molecule has 1 aliphatic carbocycles. The van der Waals surface area contributed by atoms with E-state index < -0.39 is 6.04 Å². The van der Waals surface area contributed by atoms with Crippen LogP contribution in [0.4, 0.5) is 0 Å². The number of carbonyl (C=O) groups is 3. The van der Waals surface area contributed by atoms with Crippen LogP contribution in [0.2, 0.25) is 0 Å². The van der Waals surface area contributed by atoms with Crippen LogP contribution in [0.1, 0.15) is 40.0 Å². The highest BCUT2D eigenvalue weighted by Gasteiger charge is 2.51. The Morgan fingerprint density at radius 3 is 2.32 bits per heavy atom. The number of ether oxygens (including phenoxy) is 1. The molecular formula is C19H28N2O4. The summed E-state index contributed by atoms with van der Waals surface area (Å²) in [5.41, 5.74) is 0. The molecular weight excluding hydrogens is 320 g/mol. The topological polar surface area (TPSA) is 66.9 Å². The Morgan fingerprint density at radius 1 is 1.20 bits per heavy atom. The molecule has 0 radical (unpaired) electrons. The summed E-state index contributed by atoms with van der Waals surface area (Å²) >= 11 is 0. The van der Waals surface area contributed by atoms with Crippen LogP contribution in [0.25, 0.3) is 0 Å². The van der Waals surface area contributed by atoms with E-state index in [0.717, 1.165) is 0 Å². The molecule has 0 bridgehead atoms. The lowest BCUT2D eigenvalue weighted by atomic mass is 9.85. The summed E-state index contributed by atoms with van der Waals surface area (Å²) in [6.45, 7) is 7.49. The zero-order valence-corrected chi connectivity index (χ0v) is 15.3. The minimum absolute atomic E-state index is 0.0193. The fraction of sp³-hybridized carbons (Fsp3) is 0.737. The van der Waals surface area contributed by atoms with Crippen molar-refractivity contribution in [3.8, 4) is 0 Å². The van der Waals surface area contributed by atoms with Crippen LogP contribution < -0.4 is 0 Å². The predicted molar refractivity (Wildman–Crippen MR) is 92.4 cm³/mol. The van der Waals surface area contributed by atoms with Crippen LogP contribution in [0.3, 0.4) is 0 Å². The van der Waals surface area contributed by atoms with Gasteiger partial charge in [0, 0.05) is 13.1 Å². The smallest absolute Gasteiger partial charge is 0.246 e. The van der Waals surface area contributed by atoms with E-state index in [-0.39, 0.29) is 41.6 Å². The zero-order chi connectivity index (χ0) is 18.1. The predicted octanol–water partition coefficient (Wildman–Crippen LogP) is 1.60. The lowest BCUT2D eigenvalue weighted by Crippen LogP contribution is -2.55. The second kappa shape index (κ2) is 7.28. The second-order valence-electron chi connectivity index (χ2n) is 7.81.